The van der Waals surface area contributed by atoms with Crippen molar-refractivity contribution in [2.75, 3.05) is 5.73 Å². The lowest BCUT2D eigenvalue weighted by Crippen LogP contribution is -2.02. The number of aromatic nitrogens is 2. The molecule has 0 saturated heterocycles. The van der Waals surface area contributed by atoms with E-state index in [9.17, 15) is 15.0 Å². The number of para-hydroxylation sites is 2. The van der Waals surface area contributed by atoms with Gasteiger partial charge in [0.25, 0.3) is 0 Å². The van der Waals surface area contributed by atoms with Gasteiger partial charge in [-0.15, -0.1) is 0 Å². The fourth-order valence-corrected chi connectivity index (χ4v) is 2.14. The Balaban J connectivity index is 1.97. The standard InChI is InChI=1S/C15H13N3O4/c16-9-5-6-18-10(7-9)14(15(20)21)17-13(18)8-22-12-4-2-1-3-11(12)19/h1-7,19H,8,16H2,(H,20,21). The molecule has 0 aliphatic heterocycles. The van der Waals surface area contributed by atoms with Crippen LogP contribution < -0.4 is 10.5 Å². The molecule has 0 bridgehead atoms. The third-order valence-corrected chi connectivity index (χ3v) is 3.17. The quantitative estimate of drug-likeness (QED) is 0.678. The van der Waals surface area contributed by atoms with Gasteiger partial charge in [-0.3, -0.25) is 4.40 Å². The van der Waals surface area contributed by atoms with E-state index in [1.807, 2.05) is 0 Å². The predicted octanol–water partition coefficient (Wildman–Crippen LogP) is 1.90. The molecule has 1 aromatic carbocycles. The van der Waals surface area contributed by atoms with Crippen molar-refractivity contribution in [1.82, 2.24) is 9.38 Å². The number of fused-ring (bicyclic) bond motifs is 1. The van der Waals surface area contributed by atoms with Gasteiger partial charge in [0, 0.05) is 11.9 Å². The second-order valence-electron chi connectivity index (χ2n) is 4.65. The molecule has 2 aromatic heterocycles. The minimum atomic E-state index is -1.14. The second-order valence-corrected chi connectivity index (χ2v) is 4.65. The summed E-state index contributed by atoms with van der Waals surface area (Å²) in [5.74, 6) is -0.440. The third-order valence-electron chi connectivity index (χ3n) is 3.17. The molecule has 4 N–H and O–H groups in total. The predicted molar refractivity (Wildman–Crippen MR) is 79.0 cm³/mol. The maximum Gasteiger partial charge on any atom is 0.356 e. The van der Waals surface area contributed by atoms with Crippen LogP contribution in [0.3, 0.4) is 0 Å². The molecule has 3 rings (SSSR count). The molecule has 0 aliphatic rings. The van der Waals surface area contributed by atoms with Crippen molar-refractivity contribution >= 4 is 17.2 Å². The number of phenolic OH excluding ortho intramolecular Hbond substituents is 1. The van der Waals surface area contributed by atoms with Gasteiger partial charge in [0.2, 0.25) is 0 Å². The average molecular weight is 299 g/mol. The molecular formula is C15H13N3O4. The average Bonchev–Trinajstić information content (AvgIpc) is 2.84. The Morgan fingerprint density at radius 2 is 2.09 bits per heavy atom. The van der Waals surface area contributed by atoms with Crippen molar-refractivity contribution < 1.29 is 19.7 Å². The van der Waals surface area contributed by atoms with Crippen molar-refractivity contribution in [3.63, 3.8) is 0 Å². The van der Waals surface area contributed by atoms with Crippen LogP contribution in [0.5, 0.6) is 11.5 Å². The summed E-state index contributed by atoms with van der Waals surface area (Å²) in [5.41, 5.74) is 6.43. The first-order valence-electron chi connectivity index (χ1n) is 6.47. The van der Waals surface area contributed by atoms with E-state index in [0.29, 0.717) is 22.8 Å². The molecule has 0 aliphatic carbocycles. The molecule has 0 radical (unpaired) electrons. The summed E-state index contributed by atoms with van der Waals surface area (Å²) < 4.78 is 7.09. The normalized spacial score (nSPS) is 10.7. The number of imidazole rings is 1. The highest BCUT2D eigenvalue weighted by Gasteiger charge is 2.17. The van der Waals surface area contributed by atoms with Crippen molar-refractivity contribution in [3.05, 3.63) is 54.1 Å². The molecule has 22 heavy (non-hydrogen) atoms. The van der Waals surface area contributed by atoms with Gasteiger partial charge >= 0.3 is 5.97 Å². The van der Waals surface area contributed by atoms with Crippen LogP contribution in [0.1, 0.15) is 16.3 Å². The number of ether oxygens (including phenoxy) is 1. The lowest BCUT2D eigenvalue weighted by atomic mass is 10.3. The van der Waals surface area contributed by atoms with Crippen LogP contribution in [-0.4, -0.2) is 25.6 Å². The molecule has 3 aromatic rings. The number of carboxylic acid groups (broad SMARTS) is 1. The smallest absolute Gasteiger partial charge is 0.356 e. The van der Waals surface area contributed by atoms with E-state index in [-0.39, 0.29) is 18.1 Å². The Kier molecular flexibility index (Phi) is 3.30. The molecule has 0 saturated carbocycles. The van der Waals surface area contributed by atoms with Gasteiger partial charge in [0.05, 0.1) is 5.52 Å². The summed E-state index contributed by atoms with van der Waals surface area (Å²) in [6.07, 6.45) is 1.63. The number of benzene rings is 1. The van der Waals surface area contributed by atoms with E-state index in [2.05, 4.69) is 4.98 Å². The summed E-state index contributed by atoms with van der Waals surface area (Å²) >= 11 is 0. The number of hydrogen-bond donors (Lipinski definition) is 3. The molecule has 112 valence electrons. The summed E-state index contributed by atoms with van der Waals surface area (Å²) in [5, 5.41) is 18.9. The first-order chi connectivity index (χ1) is 10.6. The zero-order chi connectivity index (χ0) is 15.7. The van der Waals surface area contributed by atoms with Crippen LogP contribution in [0.25, 0.3) is 5.52 Å². The lowest BCUT2D eigenvalue weighted by molar-refractivity contribution is 0.0693. The Morgan fingerprint density at radius 3 is 2.82 bits per heavy atom. The van der Waals surface area contributed by atoms with Crippen LogP contribution in [0, 0.1) is 0 Å². The minimum Gasteiger partial charge on any atom is -0.504 e. The number of nitrogens with two attached hydrogens (primary N) is 1. The number of pyridine rings is 1. The number of carboxylic acids is 1. The SMILES string of the molecule is Nc1ccn2c(COc3ccccc3O)nc(C(=O)O)c2c1. The van der Waals surface area contributed by atoms with Crippen molar-refractivity contribution in [2.45, 2.75) is 6.61 Å². The van der Waals surface area contributed by atoms with E-state index in [1.54, 1.807) is 40.9 Å². The number of carbonyl (C=O) groups is 1. The van der Waals surface area contributed by atoms with Gasteiger partial charge < -0.3 is 20.7 Å². The number of aromatic carboxylic acids is 1. The Labute approximate surface area is 125 Å². The first-order valence-corrected chi connectivity index (χ1v) is 6.47. The van der Waals surface area contributed by atoms with E-state index >= 15 is 0 Å². The molecule has 0 amide bonds. The van der Waals surface area contributed by atoms with Crippen LogP contribution >= 0.6 is 0 Å². The van der Waals surface area contributed by atoms with Crippen LogP contribution in [0.4, 0.5) is 5.69 Å². The molecular weight excluding hydrogens is 286 g/mol. The van der Waals surface area contributed by atoms with Crippen LogP contribution in [0.15, 0.2) is 42.6 Å². The van der Waals surface area contributed by atoms with E-state index in [0.717, 1.165) is 0 Å². The number of aromatic hydroxyl groups is 1. The highest BCUT2D eigenvalue weighted by Crippen LogP contribution is 2.25. The molecule has 0 fully saturated rings. The fourth-order valence-electron chi connectivity index (χ4n) is 2.14. The van der Waals surface area contributed by atoms with Gasteiger partial charge in [-0.2, -0.15) is 0 Å². The molecule has 7 nitrogen and oxygen atoms in total. The Hall–Kier alpha value is -3.22. The number of nitrogens with zero attached hydrogens (tertiary/aromatic N) is 2. The molecule has 0 unspecified atom stereocenters. The Bertz CT molecular complexity index is 857. The summed E-state index contributed by atoms with van der Waals surface area (Å²) in [6, 6.07) is 9.70. The Morgan fingerprint density at radius 1 is 1.32 bits per heavy atom. The number of anilines is 1. The molecule has 0 spiro atoms. The first kappa shape index (κ1) is 13.7. The van der Waals surface area contributed by atoms with Gasteiger partial charge in [0.15, 0.2) is 23.0 Å². The summed E-state index contributed by atoms with van der Waals surface area (Å²) in [7, 11) is 0. The van der Waals surface area contributed by atoms with E-state index in [1.165, 1.54) is 6.07 Å². The number of rotatable bonds is 4. The number of phenols is 1. The van der Waals surface area contributed by atoms with Crippen molar-refractivity contribution in [1.29, 1.82) is 0 Å². The van der Waals surface area contributed by atoms with Crippen LogP contribution in [-0.2, 0) is 6.61 Å². The van der Waals surface area contributed by atoms with Crippen molar-refractivity contribution in [2.24, 2.45) is 0 Å². The van der Waals surface area contributed by atoms with Gasteiger partial charge in [0.1, 0.15) is 6.61 Å². The third kappa shape index (κ3) is 2.39. The second kappa shape index (κ2) is 5.28. The van der Waals surface area contributed by atoms with Crippen LogP contribution in [0.2, 0.25) is 0 Å². The maximum atomic E-state index is 11.3. The highest BCUT2D eigenvalue weighted by molar-refractivity contribution is 5.94. The zero-order valence-electron chi connectivity index (χ0n) is 11.4. The minimum absolute atomic E-state index is 0.00561. The number of nitrogen functional groups attached to an aromatic ring is 1. The fraction of sp³-hybridized carbons (Fsp3) is 0.0667. The highest BCUT2D eigenvalue weighted by atomic mass is 16.5. The monoisotopic (exact) mass is 299 g/mol. The maximum absolute atomic E-state index is 11.3. The van der Waals surface area contributed by atoms with E-state index < -0.39 is 5.97 Å². The summed E-state index contributed by atoms with van der Waals surface area (Å²) in [6.45, 7) is 0.00986. The zero-order valence-corrected chi connectivity index (χ0v) is 11.4. The summed E-state index contributed by atoms with van der Waals surface area (Å²) in [4.78, 5) is 15.3. The van der Waals surface area contributed by atoms with Crippen molar-refractivity contribution in [3.8, 4) is 11.5 Å². The van der Waals surface area contributed by atoms with E-state index in [4.69, 9.17) is 10.5 Å². The van der Waals surface area contributed by atoms with Gasteiger partial charge in [-0.1, -0.05) is 12.1 Å². The van der Waals surface area contributed by atoms with Gasteiger partial charge in [-0.05, 0) is 24.3 Å². The molecule has 7 heteroatoms. The lowest BCUT2D eigenvalue weighted by Gasteiger charge is -2.07. The van der Waals surface area contributed by atoms with Gasteiger partial charge in [-0.25, -0.2) is 9.78 Å². The molecule has 2 heterocycles. The molecule has 0 atom stereocenters. The largest absolute Gasteiger partial charge is 0.504 e. The topological polar surface area (TPSA) is 110 Å². The number of hydrogen-bond acceptors (Lipinski definition) is 5.